The van der Waals surface area contributed by atoms with Gasteiger partial charge in [0.1, 0.15) is 12.4 Å². The van der Waals surface area contributed by atoms with Crippen molar-refractivity contribution in [2.75, 3.05) is 0 Å². The fraction of sp³-hybridized carbons (Fsp3) is 0.111. The minimum Gasteiger partial charge on any atom is -0.311 e. The molecule has 2 heterocycles. The van der Waals surface area contributed by atoms with Crippen LogP contribution in [0.15, 0.2) is 34.8 Å². The Balaban J connectivity index is 2.33. The lowest BCUT2D eigenvalue weighted by atomic mass is 10.3. The summed E-state index contributed by atoms with van der Waals surface area (Å²) in [7, 11) is 1.85. The van der Waals surface area contributed by atoms with Crippen LogP contribution in [-0.4, -0.2) is 19.7 Å². The molecule has 0 N–H and O–H groups in total. The minimum absolute atomic E-state index is 0.595. The third kappa shape index (κ3) is 1.97. The molecule has 0 radical (unpaired) electrons. The molecule has 2 aromatic heterocycles. The van der Waals surface area contributed by atoms with Gasteiger partial charge in [0.2, 0.25) is 0 Å². The molecule has 2 aromatic rings. The molecule has 0 atom stereocenters. The third-order valence-electron chi connectivity index (χ3n) is 1.78. The van der Waals surface area contributed by atoms with Gasteiger partial charge < -0.3 is 4.57 Å². The molecule has 0 fully saturated rings. The molecule has 0 aliphatic heterocycles. The minimum atomic E-state index is 0.595. The Kier molecular flexibility index (Phi) is 2.65. The Morgan fingerprint density at radius 2 is 2.40 bits per heavy atom. The van der Waals surface area contributed by atoms with Gasteiger partial charge in [-0.05, 0) is 17.8 Å². The van der Waals surface area contributed by atoms with E-state index in [1.165, 1.54) is 11.8 Å². The van der Waals surface area contributed by atoms with Crippen molar-refractivity contribution in [3.63, 3.8) is 0 Å². The summed E-state index contributed by atoms with van der Waals surface area (Å²) < 4.78 is 1.79. The Bertz CT molecular complexity index is 513. The highest BCUT2D eigenvalue weighted by Crippen LogP contribution is 2.26. The fourth-order valence-corrected chi connectivity index (χ4v) is 1.83. The normalized spacial score (nSPS) is 9.87. The van der Waals surface area contributed by atoms with E-state index in [-0.39, 0.29) is 0 Å². The highest BCUT2D eigenvalue weighted by molar-refractivity contribution is 7.99. The van der Waals surface area contributed by atoms with Crippen molar-refractivity contribution in [3.8, 4) is 6.07 Å². The third-order valence-corrected chi connectivity index (χ3v) is 2.87. The first-order valence-corrected chi connectivity index (χ1v) is 4.99. The zero-order valence-electron chi connectivity index (χ0n) is 7.95. The summed E-state index contributed by atoms with van der Waals surface area (Å²) in [5.74, 6) is 0. The summed E-state index contributed by atoms with van der Waals surface area (Å²) in [6.07, 6.45) is 4.86. The van der Waals surface area contributed by atoms with Crippen LogP contribution in [-0.2, 0) is 7.05 Å². The van der Waals surface area contributed by atoms with E-state index < -0.39 is 0 Å². The largest absolute Gasteiger partial charge is 0.311 e. The van der Waals surface area contributed by atoms with Crippen LogP contribution in [0.25, 0.3) is 0 Å². The second-order valence-corrected chi connectivity index (χ2v) is 3.82. The monoisotopic (exact) mass is 217 g/mol. The molecule has 5 nitrogen and oxygen atoms in total. The maximum atomic E-state index is 8.88. The molecule has 74 valence electrons. The number of hydrogen-bond acceptors (Lipinski definition) is 5. The van der Waals surface area contributed by atoms with E-state index in [0.717, 1.165) is 10.1 Å². The van der Waals surface area contributed by atoms with Crippen LogP contribution in [0.3, 0.4) is 0 Å². The van der Waals surface area contributed by atoms with Crippen molar-refractivity contribution in [2.45, 2.75) is 10.1 Å². The number of pyridine rings is 1. The van der Waals surface area contributed by atoms with Gasteiger partial charge >= 0.3 is 0 Å². The summed E-state index contributed by atoms with van der Waals surface area (Å²) >= 11 is 1.38. The molecule has 0 aromatic carbocycles. The van der Waals surface area contributed by atoms with Crippen LogP contribution in [0.2, 0.25) is 0 Å². The molecular formula is C9H7N5S. The van der Waals surface area contributed by atoms with Gasteiger partial charge in [0.05, 0.1) is 10.5 Å². The van der Waals surface area contributed by atoms with Crippen molar-refractivity contribution in [1.82, 2.24) is 19.7 Å². The molecule has 0 aliphatic rings. The highest BCUT2D eigenvalue weighted by atomic mass is 32.2. The van der Waals surface area contributed by atoms with E-state index in [4.69, 9.17) is 5.26 Å². The lowest BCUT2D eigenvalue weighted by Crippen LogP contribution is -1.90. The van der Waals surface area contributed by atoms with Crippen LogP contribution in [0, 0.1) is 11.3 Å². The predicted octanol–water partition coefficient (Wildman–Crippen LogP) is 1.23. The Morgan fingerprint density at radius 1 is 1.53 bits per heavy atom. The molecule has 2 rings (SSSR count). The van der Waals surface area contributed by atoms with Gasteiger partial charge in [-0.25, -0.2) is 0 Å². The summed E-state index contributed by atoms with van der Waals surface area (Å²) in [5, 5.41) is 17.3. The Labute approximate surface area is 90.8 Å². The maximum Gasteiger partial charge on any atom is 0.195 e. The van der Waals surface area contributed by atoms with Gasteiger partial charge in [-0.15, -0.1) is 10.2 Å². The lowest BCUT2D eigenvalue weighted by Gasteiger charge is -2.00. The zero-order chi connectivity index (χ0) is 10.7. The first kappa shape index (κ1) is 9.68. The fourth-order valence-electron chi connectivity index (χ4n) is 1.02. The topological polar surface area (TPSA) is 67.4 Å². The Morgan fingerprint density at radius 3 is 3.07 bits per heavy atom. The maximum absolute atomic E-state index is 8.88. The molecule has 0 unspecified atom stereocenters. The first-order chi connectivity index (χ1) is 7.31. The lowest BCUT2D eigenvalue weighted by molar-refractivity contribution is 0.788. The quantitative estimate of drug-likeness (QED) is 0.756. The van der Waals surface area contributed by atoms with Crippen molar-refractivity contribution in [3.05, 3.63) is 30.4 Å². The molecule has 15 heavy (non-hydrogen) atoms. The van der Waals surface area contributed by atoms with Crippen LogP contribution in [0.5, 0.6) is 0 Å². The van der Waals surface area contributed by atoms with Crippen molar-refractivity contribution >= 4 is 11.8 Å². The van der Waals surface area contributed by atoms with E-state index >= 15 is 0 Å². The van der Waals surface area contributed by atoms with Crippen LogP contribution >= 0.6 is 11.8 Å². The number of nitrogens with zero attached hydrogens (tertiary/aromatic N) is 5. The van der Waals surface area contributed by atoms with E-state index in [2.05, 4.69) is 21.3 Å². The smallest absolute Gasteiger partial charge is 0.195 e. The zero-order valence-corrected chi connectivity index (χ0v) is 8.77. The molecule has 0 bridgehead atoms. The number of nitriles is 1. The number of aromatic nitrogens is 4. The number of aryl methyl sites for hydroxylation is 1. The summed E-state index contributed by atoms with van der Waals surface area (Å²) in [6, 6.07) is 3.79. The van der Waals surface area contributed by atoms with Crippen LogP contribution in [0.4, 0.5) is 0 Å². The van der Waals surface area contributed by atoms with Gasteiger partial charge in [0.25, 0.3) is 0 Å². The van der Waals surface area contributed by atoms with Gasteiger partial charge in [0, 0.05) is 19.4 Å². The highest BCUT2D eigenvalue weighted by Gasteiger charge is 2.07. The summed E-state index contributed by atoms with van der Waals surface area (Å²) in [5.41, 5.74) is 0.595. The van der Waals surface area contributed by atoms with E-state index in [1.807, 2.05) is 7.05 Å². The predicted molar refractivity (Wildman–Crippen MR) is 54.1 cm³/mol. The van der Waals surface area contributed by atoms with Crippen molar-refractivity contribution in [2.24, 2.45) is 7.05 Å². The second-order valence-electron chi connectivity index (χ2n) is 2.81. The molecule has 0 saturated heterocycles. The average molecular weight is 217 g/mol. The van der Waals surface area contributed by atoms with E-state index in [1.54, 1.807) is 29.4 Å². The molecular weight excluding hydrogens is 210 g/mol. The first-order valence-electron chi connectivity index (χ1n) is 4.17. The van der Waals surface area contributed by atoms with E-state index in [9.17, 15) is 0 Å². The molecule has 0 aliphatic carbocycles. The van der Waals surface area contributed by atoms with Gasteiger partial charge in [-0.1, -0.05) is 0 Å². The van der Waals surface area contributed by atoms with Crippen LogP contribution < -0.4 is 0 Å². The van der Waals surface area contributed by atoms with Gasteiger partial charge in [-0.3, -0.25) is 4.98 Å². The SMILES string of the molecule is Cn1cnnc1Sc1cnccc1C#N. The molecule has 0 amide bonds. The van der Waals surface area contributed by atoms with E-state index in [0.29, 0.717) is 5.56 Å². The summed E-state index contributed by atoms with van der Waals surface area (Å²) in [4.78, 5) is 4.76. The van der Waals surface area contributed by atoms with Crippen LogP contribution in [0.1, 0.15) is 5.56 Å². The Hall–Kier alpha value is -1.87. The average Bonchev–Trinajstić information content (AvgIpc) is 2.65. The standard InChI is InChI=1S/C9H7N5S/c1-14-6-12-13-9(14)15-8-5-11-3-2-7(8)4-10/h2-3,5-6H,1H3. The molecule has 0 saturated carbocycles. The summed E-state index contributed by atoms with van der Waals surface area (Å²) in [6.45, 7) is 0. The number of hydrogen-bond donors (Lipinski definition) is 0. The molecule has 0 spiro atoms. The van der Waals surface area contributed by atoms with Crippen molar-refractivity contribution < 1.29 is 0 Å². The van der Waals surface area contributed by atoms with Gasteiger partial charge in [0.15, 0.2) is 5.16 Å². The number of rotatable bonds is 2. The molecule has 6 heteroatoms. The second kappa shape index (κ2) is 4.11. The van der Waals surface area contributed by atoms with Gasteiger partial charge in [-0.2, -0.15) is 5.26 Å². The van der Waals surface area contributed by atoms with Crippen molar-refractivity contribution in [1.29, 1.82) is 5.26 Å².